The molecule has 0 aromatic rings. The Morgan fingerprint density at radius 2 is 2.11 bits per heavy atom. The van der Waals surface area contributed by atoms with E-state index < -0.39 is 0 Å². The summed E-state index contributed by atoms with van der Waals surface area (Å²) in [5.41, 5.74) is 0.0878. The van der Waals surface area contributed by atoms with Gasteiger partial charge in [0, 0.05) is 38.1 Å². The van der Waals surface area contributed by atoms with E-state index in [4.69, 9.17) is 0 Å². The summed E-state index contributed by atoms with van der Waals surface area (Å²) in [5.74, 6) is 0.243. The Morgan fingerprint density at radius 1 is 1.44 bits per heavy atom. The molecule has 0 aromatic heterocycles. The molecule has 4 heteroatoms. The quantitative estimate of drug-likeness (QED) is 0.805. The maximum Gasteiger partial charge on any atom is 0.223 e. The van der Waals surface area contributed by atoms with E-state index in [-0.39, 0.29) is 11.4 Å². The number of hydrogen-bond donors (Lipinski definition) is 1. The van der Waals surface area contributed by atoms with Gasteiger partial charge in [-0.05, 0) is 47.2 Å². The fourth-order valence-electron chi connectivity index (χ4n) is 2.36. The van der Waals surface area contributed by atoms with E-state index in [2.05, 4.69) is 38.0 Å². The van der Waals surface area contributed by atoms with Gasteiger partial charge in [0.2, 0.25) is 5.91 Å². The van der Waals surface area contributed by atoms with Gasteiger partial charge in [0.05, 0.1) is 0 Å². The number of nitrogens with zero attached hydrogens (tertiary/aromatic N) is 2. The van der Waals surface area contributed by atoms with E-state index in [0.717, 1.165) is 19.6 Å². The molecule has 0 spiro atoms. The molecule has 1 unspecified atom stereocenters. The first-order valence-corrected chi connectivity index (χ1v) is 6.99. The minimum Gasteiger partial charge on any atom is -0.344 e. The second-order valence-corrected chi connectivity index (χ2v) is 6.48. The van der Waals surface area contributed by atoms with Gasteiger partial charge in [-0.1, -0.05) is 0 Å². The van der Waals surface area contributed by atoms with Crippen LogP contribution in [0.4, 0.5) is 0 Å². The number of rotatable bonds is 5. The minimum atomic E-state index is 0.0878. The highest BCUT2D eigenvalue weighted by molar-refractivity contribution is 5.76. The van der Waals surface area contributed by atoms with Gasteiger partial charge in [0.15, 0.2) is 0 Å². The third kappa shape index (κ3) is 5.36. The maximum absolute atomic E-state index is 12.0. The Bertz CT molecular complexity index is 273. The van der Waals surface area contributed by atoms with Crippen molar-refractivity contribution in [3.8, 4) is 0 Å². The molecule has 0 radical (unpaired) electrons. The molecule has 0 bridgehead atoms. The Balaban J connectivity index is 2.24. The van der Waals surface area contributed by atoms with Crippen LogP contribution in [0.2, 0.25) is 0 Å². The lowest BCUT2D eigenvalue weighted by Crippen LogP contribution is -2.42. The van der Waals surface area contributed by atoms with Crippen LogP contribution in [0, 0.1) is 0 Å². The Labute approximate surface area is 112 Å². The zero-order valence-corrected chi connectivity index (χ0v) is 12.6. The monoisotopic (exact) mass is 255 g/mol. The van der Waals surface area contributed by atoms with Gasteiger partial charge in [-0.25, -0.2) is 0 Å². The van der Waals surface area contributed by atoms with E-state index in [1.54, 1.807) is 0 Å². The molecule has 0 aliphatic carbocycles. The van der Waals surface area contributed by atoms with Gasteiger partial charge < -0.3 is 15.1 Å². The lowest BCUT2D eigenvalue weighted by molar-refractivity contribution is -0.130. The molecule has 1 amide bonds. The van der Waals surface area contributed by atoms with E-state index in [1.165, 1.54) is 12.8 Å². The second kappa shape index (κ2) is 6.53. The standard InChI is InChI=1S/C14H29N3O/c1-14(2,3)15-9-8-13(18)17(5)11-12-7-6-10-16(12)4/h12,15H,6-11H2,1-5H3. The van der Waals surface area contributed by atoms with Crippen LogP contribution in [0.25, 0.3) is 0 Å². The third-order valence-electron chi connectivity index (χ3n) is 3.58. The molecular formula is C14H29N3O. The van der Waals surface area contributed by atoms with Crippen LogP contribution in [0.5, 0.6) is 0 Å². The van der Waals surface area contributed by atoms with Crippen molar-refractivity contribution in [2.75, 3.05) is 33.7 Å². The van der Waals surface area contributed by atoms with Crippen molar-refractivity contribution in [1.29, 1.82) is 0 Å². The SMILES string of the molecule is CN(CC1CCCN1C)C(=O)CCNC(C)(C)C. The topological polar surface area (TPSA) is 35.6 Å². The fourth-order valence-corrected chi connectivity index (χ4v) is 2.36. The highest BCUT2D eigenvalue weighted by atomic mass is 16.2. The normalized spacial score (nSPS) is 21.3. The first-order valence-electron chi connectivity index (χ1n) is 6.99. The fraction of sp³-hybridized carbons (Fsp3) is 0.929. The highest BCUT2D eigenvalue weighted by Gasteiger charge is 2.23. The maximum atomic E-state index is 12.0. The molecule has 1 heterocycles. The predicted octanol–water partition coefficient (Wildman–Crippen LogP) is 1.32. The van der Waals surface area contributed by atoms with E-state index in [1.807, 2.05) is 11.9 Å². The summed E-state index contributed by atoms with van der Waals surface area (Å²) in [7, 11) is 4.07. The van der Waals surface area contributed by atoms with Crippen LogP contribution in [-0.4, -0.2) is 61.0 Å². The van der Waals surface area contributed by atoms with Crippen LogP contribution in [-0.2, 0) is 4.79 Å². The molecule has 1 aliphatic rings. The molecular weight excluding hydrogens is 226 g/mol. The van der Waals surface area contributed by atoms with Gasteiger partial charge >= 0.3 is 0 Å². The first kappa shape index (κ1) is 15.4. The Hall–Kier alpha value is -0.610. The van der Waals surface area contributed by atoms with E-state index >= 15 is 0 Å². The molecule has 18 heavy (non-hydrogen) atoms. The lowest BCUT2D eigenvalue weighted by atomic mass is 10.1. The summed E-state index contributed by atoms with van der Waals surface area (Å²) < 4.78 is 0. The molecule has 1 atom stereocenters. The lowest BCUT2D eigenvalue weighted by Gasteiger charge is -2.26. The summed E-state index contributed by atoms with van der Waals surface area (Å²) in [4.78, 5) is 16.2. The first-order chi connectivity index (χ1) is 8.29. The summed E-state index contributed by atoms with van der Waals surface area (Å²) in [6.07, 6.45) is 3.06. The average Bonchev–Trinajstić information content (AvgIpc) is 2.62. The van der Waals surface area contributed by atoms with Crippen molar-refractivity contribution in [2.24, 2.45) is 0 Å². The predicted molar refractivity (Wildman–Crippen MR) is 75.7 cm³/mol. The van der Waals surface area contributed by atoms with Gasteiger partial charge in [-0.15, -0.1) is 0 Å². The van der Waals surface area contributed by atoms with Crippen molar-refractivity contribution in [1.82, 2.24) is 15.1 Å². The van der Waals surface area contributed by atoms with Crippen LogP contribution in [0.15, 0.2) is 0 Å². The minimum absolute atomic E-state index is 0.0878. The largest absolute Gasteiger partial charge is 0.344 e. The molecule has 4 nitrogen and oxygen atoms in total. The van der Waals surface area contributed by atoms with Crippen molar-refractivity contribution in [2.45, 2.75) is 51.6 Å². The van der Waals surface area contributed by atoms with Crippen molar-refractivity contribution in [3.05, 3.63) is 0 Å². The van der Waals surface area contributed by atoms with Crippen molar-refractivity contribution in [3.63, 3.8) is 0 Å². The summed E-state index contributed by atoms with van der Waals surface area (Å²) in [6, 6.07) is 0.550. The second-order valence-electron chi connectivity index (χ2n) is 6.48. The van der Waals surface area contributed by atoms with Gasteiger partial charge in [-0.2, -0.15) is 0 Å². The molecule has 1 saturated heterocycles. The molecule has 1 N–H and O–H groups in total. The summed E-state index contributed by atoms with van der Waals surface area (Å²) >= 11 is 0. The van der Waals surface area contributed by atoms with Crippen LogP contribution >= 0.6 is 0 Å². The van der Waals surface area contributed by atoms with Crippen LogP contribution in [0.3, 0.4) is 0 Å². The van der Waals surface area contributed by atoms with Gasteiger partial charge in [0.1, 0.15) is 0 Å². The van der Waals surface area contributed by atoms with Crippen LogP contribution in [0.1, 0.15) is 40.0 Å². The molecule has 1 aliphatic heterocycles. The third-order valence-corrected chi connectivity index (χ3v) is 3.58. The molecule has 1 rings (SSSR count). The number of carbonyl (C=O) groups excluding carboxylic acids is 1. The number of carbonyl (C=O) groups is 1. The average molecular weight is 255 g/mol. The van der Waals surface area contributed by atoms with Crippen LogP contribution < -0.4 is 5.32 Å². The molecule has 1 fully saturated rings. The molecule has 0 aromatic carbocycles. The van der Waals surface area contributed by atoms with E-state index in [0.29, 0.717) is 12.5 Å². The van der Waals surface area contributed by atoms with Gasteiger partial charge in [-0.3, -0.25) is 4.79 Å². The Morgan fingerprint density at radius 3 is 2.61 bits per heavy atom. The smallest absolute Gasteiger partial charge is 0.223 e. The Kier molecular flexibility index (Phi) is 5.60. The molecule has 0 saturated carbocycles. The summed E-state index contributed by atoms with van der Waals surface area (Å²) in [6.45, 7) is 9.15. The summed E-state index contributed by atoms with van der Waals surface area (Å²) in [5, 5.41) is 3.35. The zero-order chi connectivity index (χ0) is 13.8. The highest BCUT2D eigenvalue weighted by Crippen LogP contribution is 2.15. The number of amides is 1. The number of likely N-dealkylation sites (N-methyl/N-ethyl adjacent to an activating group) is 2. The number of nitrogens with one attached hydrogen (secondary N) is 1. The van der Waals surface area contributed by atoms with Gasteiger partial charge in [0.25, 0.3) is 0 Å². The zero-order valence-electron chi connectivity index (χ0n) is 12.6. The van der Waals surface area contributed by atoms with Crippen molar-refractivity contribution < 1.29 is 4.79 Å². The van der Waals surface area contributed by atoms with E-state index in [9.17, 15) is 4.79 Å². The molecule has 106 valence electrons. The number of hydrogen-bond acceptors (Lipinski definition) is 3. The number of likely N-dealkylation sites (tertiary alicyclic amines) is 1. The van der Waals surface area contributed by atoms with Crippen molar-refractivity contribution >= 4 is 5.91 Å².